The highest BCUT2D eigenvalue weighted by Gasteiger charge is 2.40. The molecule has 0 saturated carbocycles. The Morgan fingerprint density at radius 1 is 0.889 bits per heavy atom. The molecule has 4 heteroatoms. The lowest BCUT2D eigenvalue weighted by atomic mass is 10.1. The van der Waals surface area contributed by atoms with Crippen LogP contribution in [-0.2, 0) is 0 Å². The van der Waals surface area contributed by atoms with Crippen molar-refractivity contribution >= 4 is 17.5 Å². The van der Waals surface area contributed by atoms with E-state index in [1.807, 2.05) is 0 Å². The standard InChI is InChI=1S/C14H10F2OS/c15-14(16,18-12-9-5-2-6-10-12)13(17)11-7-3-1-4-8-11/h1-10H. The maximum Gasteiger partial charge on any atom is 0.360 e. The van der Waals surface area contributed by atoms with Crippen LogP contribution in [0.3, 0.4) is 0 Å². The number of carbonyl (C=O) groups excluding carboxylic acids is 1. The highest BCUT2D eigenvalue weighted by atomic mass is 32.2. The number of alkyl halides is 2. The SMILES string of the molecule is O=C(c1ccccc1)C(F)(F)Sc1ccccc1. The number of benzene rings is 2. The van der Waals surface area contributed by atoms with Crippen molar-refractivity contribution in [2.75, 3.05) is 0 Å². The molecule has 0 radical (unpaired) electrons. The number of carbonyl (C=O) groups is 1. The second-order valence-electron chi connectivity index (χ2n) is 3.63. The maximum atomic E-state index is 13.8. The molecule has 0 aromatic heterocycles. The molecule has 0 atom stereocenters. The molecule has 0 spiro atoms. The zero-order valence-corrected chi connectivity index (χ0v) is 10.2. The number of hydrogen-bond acceptors (Lipinski definition) is 2. The van der Waals surface area contributed by atoms with Gasteiger partial charge in [-0.25, -0.2) is 0 Å². The zero-order chi connectivity index (χ0) is 13.0. The van der Waals surface area contributed by atoms with E-state index in [9.17, 15) is 13.6 Å². The normalized spacial score (nSPS) is 11.2. The third-order valence-corrected chi connectivity index (χ3v) is 3.24. The van der Waals surface area contributed by atoms with E-state index in [1.165, 1.54) is 12.1 Å². The molecular weight excluding hydrogens is 254 g/mol. The van der Waals surface area contributed by atoms with E-state index in [0.29, 0.717) is 4.90 Å². The third kappa shape index (κ3) is 2.96. The van der Waals surface area contributed by atoms with E-state index >= 15 is 0 Å². The summed E-state index contributed by atoms with van der Waals surface area (Å²) in [5, 5.41) is -3.46. The first-order valence-electron chi connectivity index (χ1n) is 5.31. The molecular formula is C14H10F2OS. The molecule has 18 heavy (non-hydrogen) atoms. The molecule has 0 aliphatic rings. The summed E-state index contributed by atoms with van der Waals surface area (Å²) in [7, 11) is 0. The summed E-state index contributed by atoms with van der Waals surface area (Å²) >= 11 is 0.266. The number of ketones is 1. The van der Waals surface area contributed by atoms with Gasteiger partial charge < -0.3 is 0 Å². The second kappa shape index (κ2) is 5.31. The Labute approximate surface area is 108 Å². The number of thioether (sulfide) groups is 1. The van der Waals surface area contributed by atoms with Gasteiger partial charge in [0.15, 0.2) is 0 Å². The van der Waals surface area contributed by atoms with Gasteiger partial charge in [-0.3, -0.25) is 4.79 Å². The predicted molar refractivity (Wildman–Crippen MR) is 68.0 cm³/mol. The van der Waals surface area contributed by atoms with Crippen molar-refractivity contribution < 1.29 is 13.6 Å². The van der Waals surface area contributed by atoms with Crippen molar-refractivity contribution in [1.82, 2.24) is 0 Å². The average Bonchev–Trinajstić information content (AvgIpc) is 2.39. The maximum absolute atomic E-state index is 13.8. The van der Waals surface area contributed by atoms with Gasteiger partial charge in [0.25, 0.3) is 0 Å². The largest absolute Gasteiger partial charge is 0.360 e. The van der Waals surface area contributed by atoms with E-state index in [1.54, 1.807) is 48.5 Å². The van der Waals surface area contributed by atoms with Crippen LogP contribution in [0.4, 0.5) is 8.78 Å². The van der Waals surface area contributed by atoms with E-state index in [4.69, 9.17) is 0 Å². The van der Waals surface area contributed by atoms with Gasteiger partial charge in [-0.1, -0.05) is 48.5 Å². The lowest BCUT2D eigenvalue weighted by Gasteiger charge is -2.14. The molecule has 2 rings (SSSR count). The summed E-state index contributed by atoms with van der Waals surface area (Å²) in [5.41, 5.74) is 0.0194. The summed E-state index contributed by atoms with van der Waals surface area (Å²) < 4.78 is 27.6. The first-order valence-corrected chi connectivity index (χ1v) is 6.13. The summed E-state index contributed by atoms with van der Waals surface area (Å²) in [6.45, 7) is 0. The summed E-state index contributed by atoms with van der Waals surface area (Å²) in [4.78, 5) is 12.1. The van der Waals surface area contributed by atoms with Crippen LogP contribution in [0.15, 0.2) is 65.6 Å². The Bertz CT molecular complexity index is 526. The molecule has 0 fully saturated rings. The van der Waals surface area contributed by atoms with Gasteiger partial charge in [0, 0.05) is 10.5 Å². The van der Waals surface area contributed by atoms with E-state index < -0.39 is 11.0 Å². The number of hydrogen-bond donors (Lipinski definition) is 0. The number of rotatable bonds is 4. The Hall–Kier alpha value is -1.68. The molecule has 0 unspecified atom stereocenters. The van der Waals surface area contributed by atoms with Crippen LogP contribution in [0.5, 0.6) is 0 Å². The minimum atomic E-state index is -3.46. The average molecular weight is 264 g/mol. The lowest BCUT2D eigenvalue weighted by molar-refractivity contribution is 0.0567. The second-order valence-corrected chi connectivity index (χ2v) is 4.82. The van der Waals surface area contributed by atoms with Crippen LogP contribution in [0.2, 0.25) is 0 Å². The minimum absolute atomic E-state index is 0.0194. The topological polar surface area (TPSA) is 17.1 Å². The van der Waals surface area contributed by atoms with Crippen molar-refractivity contribution in [2.45, 2.75) is 10.2 Å². The summed E-state index contributed by atoms with van der Waals surface area (Å²) in [6, 6.07) is 15.8. The van der Waals surface area contributed by atoms with Gasteiger partial charge in [-0.05, 0) is 23.9 Å². The van der Waals surface area contributed by atoms with Crippen LogP contribution >= 0.6 is 11.8 Å². The molecule has 0 amide bonds. The fourth-order valence-corrected chi connectivity index (χ4v) is 2.24. The highest BCUT2D eigenvalue weighted by Crippen LogP contribution is 2.38. The van der Waals surface area contributed by atoms with Gasteiger partial charge in [0.2, 0.25) is 5.78 Å². The first kappa shape index (κ1) is 12.8. The predicted octanol–water partition coefficient (Wildman–Crippen LogP) is 4.25. The minimum Gasteiger partial charge on any atom is -0.286 e. The van der Waals surface area contributed by atoms with Crippen molar-refractivity contribution in [1.29, 1.82) is 0 Å². The Balaban J connectivity index is 2.19. The van der Waals surface area contributed by atoms with Crippen molar-refractivity contribution in [2.24, 2.45) is 0 Å². The molecule has 0 heterocycles. The van der Waals surface area contributed by atoms with Crippen molar-refractivity contribution in [3.05, 3.63) is 66.2 Å². The van der Waals surface area contributed by atoms with Gasteiger partial charge in [0.1, 0.15) is 0 Å². The van der Waals surface area contributed by atoms with Crippen LogP contribution in [-0.4, -0.2) is 11.0 Å². The molecule has 2 aromatic carbocycles. The zero-order valence-electron chi connectivity index (χ0n) is 9.35. The fourth-order valence-electron chi connectivity index (χ4n) is 1.44. The van der Waals surface area contributed by atoms with Crippen molar-refractivity contribution in [3.8, 4) is 0 Å². The number of halogens is 2. The Morgan fingerprint density at radius 2 is 1.39 bits per heavy atom. The molecule has 0 aliphatic heterocycles. The summed E-state index contributed by atoms with van der Waals surface area (Å²) in [6.07, 6.45) is 0. The van der Waals surface area contributed by atoms with E-state index in [0.717, 1.165) is 0 Å². The van der Waals surface area contributed by atoms with Gasteiger partial charge in [-0.15, -0.1) is 0 Å². The monoisotopic (exact) mass is 264 g/mol. The molecule has 0 saturated heterocycles. The smallest absolute Gasteiger partial charge is 0.286 e. The van der Waals surface area contributed by atoms with Crippen LogP contribution in [0.1, 0.15) is 10.4 Å². The lowest BCUT2D eigenvalue weighted by Crippen LogP contribution is -2.24. The van der Waals surface area contributed by atoms with E-state index in [-0.39, 0.29) is 17.3 Å². The van der Waals surface area contributed by atoms with Gasteiger partial charge in [0.05, 0.1) is 0 Å². The molecule has 0 bridgehead atoms. The first-order chi connectivity index (χ1) is 8.59. The Kier molecular flexibility index (Phi) is 3.77. The number of Topliss-reactive ketones (excluding diaryl/α,β-unsaturated/α-hetero) is 1. The van der Waals surface area contributed by atoms with Gasteiger partial charge in [-0.2, -0.15) is 8.78 Å². The van der Waals surface area contributed by atoms with Crippen LogP contribution in [0, 0.1) is 0 Å². The molecule has 92 valence electrons. The molecule has 0 N–H and O–H groups in total. The van der Waals surface area contributed by atoms with Crippen molar-refractivity contribution in [3.63, 3.8) is 0 Å². The highest BCUT2D eigenvalue weighted by molar-refractivity contribution is 8.01. The quantitative estimate of drug-likeness (QED) is 0.606. The van der Waals surface area contributed by atoms with Gasteiger partial charge >= 0.3 is 5.25 Å². The Morgan fingerprint density at radius 3 is 1.94 bits per heavy atom. The molecule has 0 aliphatic carbocycles. The third-order valence-electron chi connectivity index (χ3n) is 2.29. The van der Waals surface area contributed by atoms with Crippen LogP contribution in [0.25, 0.3) is 0 Å². The molecule has 1 nitrogen and oxygen atoms in total. The summed E-state index contributed by atoms with van der Waals surface area (Å²) in [5.74, 6) is -1.17. The molecule has 2 aromatic rings. The fraction of sp³-hybridized carbons (Fsp3) is 0.0714. The van der Waals surface area contributed by atoms with Crippen LogP contribution < -0.4 is 0 Å². The van der Waals surface area contributed by atoms with E-state index in [2.05, 4.69) is 0 Å².